The molecule has 4 heteroatoms. The average Bonchev–Trinajstić information content (AvgIpc) is 3.10. The Labute approximate surface area is 120 Å². The van der Waals surface area contributed by atoms with Crippen LogP contribution in [0.3, 0.4) is 0 Å². The van der Waals surface area contributed by atoms with E-state index in [0.717, 1.165) is 22.0 Å². The Kier molecular flexibility index (Phi) is 2.60. The molecular weight excluding hydrogens is 266 g/mol. The second-order valence-electron chi connectivity index (χ2n) is 4.49. The van der Waals surface area contributed by atoms with Crippen molar-refractivity contribution >= 4 is 16.3 Å². The van der Waals surface area contributed by atoms with Gasteiger partial charge in [0.1, 0.15) is 0 Å². The second-order valence-corrected chi connectivity index (χ2v) is 5.33. The minimum atomic E-state index is 0.890. The Balaban J connectivity index is 1.99. The molecule has 3 nitrogen and oxygen atoms in total. The molecule has 0 aliphatic heterocycles. The summed E-state index contributed by atoms with van der Waals surface area (Å²) in [6.45, 7) is 0. The molecule has 0 saturated carbocycles. The fourth-order valence-corrected chi connectivity index (χ4v) is 3.14. The van der Waals surface area contributed by atoms with Crippen molar-refractivity contribution in [1.29, 1.82) is 0 Å². The molecule has 2 aromatic carbocycles. The lowest BCUT2D eigenvalue weighted by Gasteiger charge is -2.03. The van der Waals surface area contributed by atoms with Crippen LogP contribution < -0.4 is 0 Å². The van der Waals surface area contributed by atoms with Gasteiger partial charge in [0.15, 0.2) is 5.82 Å². The van der Waals surface area contributed by atoms with Crippen LogP contribution >= 0.6 is 11.3 Å². The fraction of sp³-hybridized carbons (Fsp3) is 0. The van der Waals surface area contributed by atoms with Gasteiger partial charge in [-0.15, -0.1) is 21.5 Å². The van der Waals surface area contributed by atoms with Crippen LogP contribution in [0.25, 0.3) is 27.6 Å². The van der Waals surface area contributed by atoms with E-state index in [0.29, 0.717) is 0 Å². The zero-order valence-corrected chi connectivity index (χ0v) is 11.4. The first-order valence-electron chi connectivity index (χ1n) is 6.37. The Hall–Kier alpha value is -2.46. The van der Waals surface area contributed by atoms with E-state index in [1.54, 1.807) is 11.3 Å². The van der Waals surface area contributed by atoms with Crippen LogP contribution in [0.2, 0.25) is 0 Å². The van der Waals surface area contributed by atoms with E-state index in [1.165, 1.54) is 5.56 Å². The highest BCUT2D eigenvalue weighted by atomic mass is 32.1. The number of nitrogens with zero attached hydrogens (tertiary/aromatic N) is 3. The normalized spacial score (nSPS) is 11.0. The lowest BCUT2D eigenvalue weighted by Crippen LogP contribution is -1.90. The zero-order valence-electron chi connectivity index (χ0n) is 10.6. The van der Waals surface area contributed by atoms with Crippen LogP contribution in [0.15, 0.2) is 66.0 Å². The van der Waals surface area contributed by atoms with Crippen molar-refractivity contribution in [2.24, 2.45) is 0 Å². The molecule has 0 bridgehead atoms. The summed E-state index contributed by atoms with van der Waals surface area (Å²) in [4.78, 5) is 0.919. The lowest BCUT2D eigenvalue weighted by atomic mass is 10.1. The maximum Gasteiger partial charge on any atom is 0.216 e. The Bertz CT molecular complexity index is 778. The highest BCUT2D eigenvalue weighted by Crippen LogP contribution is 2.29. The Morgan fingerprint density at radius 3 is 2.10 bits per heavy atom. The van der Waals surface area contributed by atoms with Crippen LogP contribution in [0.5, 0.6) is 0 Å². The zero-order chi connectivity index (χ0) is 13.4. The lowest BCUT2D eigenvalue weighted by molar-refractivity contribution is 1.11. The minimum absolute atomic E-state index is 0.890. The number of hydrogen-bond donors (Lipinski definition) is 0. The summed E-state index contributed by atoms with van der Waals surface area (Å²) in [6.07, 6.45) is 0. The van der Waals surface area contributed by atoms with Gasteiger partial charge in [-0.05, 0) is 5.56 Å². The Morgan fingerprint density at radius 1 is 0.750 bits per heavy atom. The molecule has 0 fully saturated rings. The Morgan fingerprint density at radius 2 is 1.40 bits per heavy atom. The maximum atomic E-state index is 4.34. The van der Waals surface area contributed by atoms with Crippen LogP contribution in [0.1, 0.15) is 0 Å². The van der Waals surface area contributed by atoms with Gasteiger partial charge in [0.05, 0.1) is 5.69 Å². The van der Waals surface area contributed by atoms with Gasteiger partial charge in [-0.25, -0.2) is 0 Å². The predicted molar refractivity (Wildman–Crippen MR) is 81.7 cm³/mol. The number of aromatic nitrogens is 3. The number of fused-ring (bicyclic) bond motifs is 1. The predicted octanol–water partition coefficient (Wildman–Crippen LogP) is 4.12. The molecule has 2 heterocycles. The van der Waals surface area contributed by atoms with Gasteiger partial charge in [-0.3, -0.25) is 4.40 Å². The highest BCUT2D eigenvalue weighted by molar-refractivity contribution is 7.15. The molecule has 0 aliphatic carbocycles. The van der Waals surface area contributed by atoms with Crippen molar-refractivity contribution in [3.05, 3.63) is 66.0 Å². The average molecular weight is 277 g/mol. The van der Waals surface area contributed by atoms with Crippen LogP contribution in [0.4, 0.5) is 0 Å². The van der Waals surface area contributed by atoms with E-state index in [2.05, 4.69) is 44.2 Å². The van der Waals surface area contributed by atoms with Crippen LogP contribution in [-0.4, -0.2) is 14.6 Å². The summed E-state index contributed by atoms with van der Waals surface area (Å²) in [6, 6.07) is 20.5. The first-order valence-corrected chi connectivity index (χ1v) is 7.25. The summed E-state index contributed by atoms with van der Waals surface area (Å²) in [5.41, 5.74) is 3.39. The largest absolute Gasteiger partial charge is 0.265 e. The summed E-state index contributed by atoms with van der Waals surface area (Å²) < 4.78 is 2.12. The van der Waals surface area contributed by atoms with E-state index in [1.807, 2.05) is 36.4 Å². The van der Waals surface area contributed by atoms with Crippen molar-refractivity contribution in [3.63, 3.8) is 0 Å². The topological polar surface area (TPSA) is 30.2 Å². The van der Waals surface area contributed by atoms with Gasteiger partial charge >= 0.3 is 0 Å². The molecule has 0 saturated heterocycles. The van der Waals surface area contributed by atoms with Crippen molar-refractivity contribution in [2.75, 3.05) is 0 Å². The first kappa shape index (κ1) is 11.4. The second kappa shape index (κ2) is 4.58. The van der Waals surface area contributed by atoms with Gasteiger partial charge < -0.3 is 0 Å². The smallest absolute Gasteiger partial charge is 0.216 e. The minimum Gasteiger partial charge on any atom is -0.265 e. The number of benzene rings is 2. The van der Waals surface area contributed by atoms with Gasteiger partial charge in [0.25, 0.3) is 0 Å². The van der Waals surface area contributed by atoms with E-state index >= 15 is 0 Å². The molecular formula is C16H11N3S. The quantitative estimate of drug-likeness (QED) is 0.551. The molecule has 2 aromatic heterocycles. The van der Waals surface area contributed by atoms with Crippen molar-refractivity contribution in [3.8, 4) is 22.6 Å². The third-order valence-corrected chi connectivity index (χ3v) is 4.07. The molecule has 4 rings (SSSR count). The third kappa shape index (κ3) is 1.73. The molecule has 96 valence electrons. The molecule has 0 radical (unpaired) electrons. The third-order valence-electron chi connectivity index (χ3n) is 3.25. The summed E-state index contributed by atoms with van der Waals surface area (Å²) >= 11 is 1.61. The number of hydrogen-bond acceptors (Lipinski definition) is 3. The molecule has 0 N–H and O–H groups in total. The van der Waals surface area contributed by atoms with Gasteiger partial charge in [-0.2, -0.15) is 0 Å². The SMILES string of the molecule is c1ccc(-c2csc3nnc(-c4ccccc4)n23)cc1. The number of rotatable bonds is 2. The van der Waals surface area contributed by atoms with Crippen LogP contribution in [0, 0.1) is 0 Å². The molecule has 4 aromatic rings. The maximum absolute atomic E-state index is 4.34. The molecule has 0 spiro atoms. The summed E-state index contributed by atoms with van der Waals surface area (Å²) in [7, 11) is 0. The summed E-state index contributed by atoms with van der Waals surface area (Å²) in [5.74, 6) is 0.890. The van der Waals surface area contributed by atoms with Gasteiger partial charge in [-0.1, -0.05) is 60.7 Å². The molecule has 0 atom stereocenters. The highest BCUT2D eigenvalue weighted by Gasteiger charge is 2.14. The fourth-order valence-electron chi connectivity index (χ4n) is 2.30. The molecule has 0 amide bonds. The van der Waals surface area contributed by atoms with E-state index in [4.69, 9.17) is 0 Å². The molecule has 0 unspecified atom stereocenters. The van der Waals surface area contributed by atoms with Gasteiger partial charge in [0, 0.05) is 10.9 Å². The van der Waals surface area contributed by atoms with E-state index in [9.17, 15) is 0 Å². The van der Waals surface area contributed by atoms with Crippen molar-refractivity contribution < 1.29 is 0 Å². The van der Waals surface area contributed by atoms with E-state index < -0.39 is 0 Å². The molecule has 0 aliphatic rings. The first-order chi connectivity index (χ1) is 9.93. The summed E-state index contributed by atoms with van der Waals surface area (Å²) in [5, 5.41) is 10.7. The van der Waals surface area contributed by atoms with Gasteiger partial charge in [0.2, 0.25) is 4.96 Å². The van der Waals surface area contributed by atoms with Crippen molar-refractivity contribution in [1.82, 2.24) is 14.6 Å². The van der Waals surface area contributed by atoms with Crippen molar-refractivity contribution in [2.45, 2.75) is 0 Å². The van der Waals surface area contributed by atoms with E-state index in [-0.39, 0.29) is 0 Å². The van der Waals surface area contributed by atoms with Crippen LogP contribution in [-0.2, 0) is 0 Å². The molecule has 20 heavy (non-hydrogen) atoms. The number of thiazole rings is 1. The monoisotopic (exact) mass is 277 g/mol. The standard InChI is InChI=1S/C16H11N3S/c1-3-7-12(8-4-1)14-11-20-16-18-17-15(19(14)16)13-9-5-2-6-10-13/h1-11H.